The minimum absolute atomic E-state index is 0.00588. The van der Waals surface area contributed by atoms with E-state index in [1.54, 1.807) is 30.3 Å². The molecule has 0 aliphatic rings. The van der Waals surface area contributed by atoms with Crippen molar-refractivity contribution in [3.8, 4) is 11.8 Å². The predicted molar refractivity (Wildman–Crippen MR) is 127 cm³/mol. The topological polar surface area (TPSA) is 74.2 Å². The Morgan fingerprint density at radius 2 is 1.49 bits per heavy atom. The molecule has 0 radical (unpaired) electrons. The van der Waals surface area contributed by atoms with E-state index in [4.69, 9.17) is 4.74 Å². The highest BCUT2D eigenvalue weighted by molar-refractivity contribution is 5.82. The van der Waals surface area contributed by atoms with Crippen LogP contribution in [0.2, 0.25) is 0 Å². The molecule has 0 aromatic heterocycles. The normalized spacial score (nSPS) is 13.8. The van der Waals surface area contributed by atoms with Crippen LogP contribution in [-0.2, 0) is 17.6 Å². The molecular weight excluding hydrogens is 455 g/mol. The molecule has 0 unspecified atom stereocenters. The van der Waals surface area contributed by atoms with Gasteiger partial charge in [-0.05, 0) is 35.2 Å². The highest BCUT2D eigenvalue weighted by Crippen LogP contribution is 2.33. The number of nitrogens with one attached hydrogen (secondary N) is 2. The molecule has 182 valence electrons. The van der Waals surface area contributed by atoms with Crippen LogP contribution in [0, 0.1) is 11.3 Å². The summed E-state index contributed by atoms with van der Waals surface area (Å²) in [7, 11) is 1.51. The van der Waals surface area contributed by atoms with Crippen molar-refractivity contribution >= 4 is 5.91 Å². The fourth-order valence-corrected chi connectivity index (χ4v) is 3.70. The lowest BCUT2D eigenvalue weighted by Crippen LogP contribution is -2.52. The Bertz CT molecular complexity index is 1110. The summed E-state index contributed by atoms with van der Waals surface area (Å²) in [5, 5.41) is 14.7. The molecule has 0 spiro atoms. The first-order chi connectivity index (χ1) is 16.8. The maximum atomic E-state index is 14.0. The van der Waals surface area contributed by atoms with Crippen molar-refractivity contribution < 1.29 is 22.7 Å². The third-order valence-corrected chi connectivity index (χ3v) is 5.50. The molecule has 3 aromatic rings. The fourth-order valence-electron chi connectivity index (χ4n) is 3.70. The third-order valence-electron chi connectivity index (χ3n) is 5.50. The van der Waals surface area contributed by atoms with Gasteiger partial charge in [-0.2, -0.15) is 18.4 Å². The minimum atomic E-state index is -4.64. The molecule has 0 bridgehead atoms. The zero-order chi connectivity index (χ0) is 25.3. The molecule has 1 amide bonds. The van der Waals surface area contributed by atoms with Crippen molar-refractivity contribution in [3.63, 3.8) is 0 Å². The van der Waals surface area contributed by atoms with Gasteiger partial charge in [0.05, 0.1) is 19.2 Å². The summed E-state index contributed by atoms with van der Waals surface area (Å²) in [6.45, 7) is 0. The summed E-state index contributed by atoms with van der Waals surface area (Å²) >= 11 is 0. The van der Waals surface area contributed by atoms with E-state index in [9.17, 15) is 23.2 Å². The van der Waals surface area contributed by atoms with E-state index in [2.05, 4.69) is 10.6 Å². The van der Waals surface area contributed by atoms with Gasteiger partial charge in [-0.3, -0.25) is 10.1 Å². The van der Waals surface area contributed by atoms with Gasteiger partial charge in [0.25, 0.3) is 0 Å². The number of nitrogens with zero attached hydrogens (tertiary/aromatic N) is 1. The van der Waals surface area contributed by atoms with Gasteiger partial charge < -0.3 is 10.1 Å². The molecule has 0 saturated carbocycles. The number of benzene rings is 3. The number of hydrogen-bond donors (Lipinski definition) is 2. The van der Waals surface area contributed by atoms with E-state index in [0.29, 0.717) is 11.3 Å². The second-order valence-electron chi connectivity index (χ2n) is 8.04. The molecule has 0 heterocycles. The quantitative estimate of drug-likeness (QED) is 0.438. The number of halogens is 3. The van der Waals surface area contributed by atoms with E-state index in [1.807, 2.05) is 36.4 Å². The number of methoxy groups -OCH3 is 1. The first-order valence-corrected chi connectivity index (χ1v) is 11.0. The van der Waals surface area contributed by atoms with Crippen molar-refractivity contribution in [1.82, 2.24) is 10.6 Å². The number of nitriles is 1. The van der Waals surface area contributed by atoms with Gasteiger partial charge in [0.1, 0.15) is 17.8 Å². The molecule has 0 saturated heterocycles. The molecule has 0 aliphatic carbocycles. The predicted octanol–water partition coefficient (Wildman–Crippen LogP) is 4.75. The Hall–Kier alpha value is -3.83. The molecule has 3 aromatic carbocycles. The minimum Gasteiger partial charge on any atom is -0.497 e. The summed E-state index contributed by atoms with van der Waals surface area (Å²) in [6.07, 6.45) is -4.42. The van der Waals surface area contributed by atoms with Crippen molar-refractivity contribution in [3.05, 3.63) is 102 Å². The number of rotatable bonds is 10. The Morgan fingerprint density at radius 3 is 2.03 bits per heavy atom. The van der Waals surface area contributed by atoms with Gasteiger partial charge in [-0.15, -0.1) is 0 Å². The van der Waals surface area contributed by atoms with Crippen molar-refractivity contribution in [2.45, 2.75) is 37.1 Å². The van der Waals surface area contributed by atoms with Gasteiger partial charge in [0.2, 0.25) is 5.91 Å². The number of ether oxygens (including phenoxy) is 1. The number of hydrogen-bond acceptors (Lipinski definition) is 4. The second kappa shape index (κ2) is 12.0. The Morgan fingerprint density at radius 1 is 0.914 bits per heavy atom. The molecule has 8 heteroatoms. The van der Waals surface area contributed by atoms with Crippen molar-refractivity contribution in [2.24, 2.45) is 0 Å². The number of carbonyl (C=O) groups is 1. The van der Waals surface area contributed by atoms with Crippen LogP contribution in [0.15, 0.2) is 84.9 Å². The van der Waals surface area contributed by atoms with Crippen LogP contribution >= 0.6 is 0 Å². The van der Waals surface area contributed by atoms with Gasteiger partial charge in [0, 0.05) is 6.42 Å². The molecule has 2 N–H and O–H groups in total. The zero-order valence-electron chi connectivity index (χ0n) is 19.1. The Labute approximate surface area is 202 Å². The molecule has 0 aliphatic heterocycles. The molecule has 3 atom stereocenters. The molecule has 5 nitrogen and oxygen atoms in total. The third kappa shape index (κ3) is 7.59. The van der Waals surface area contributed by atoms with Gasteiger partial charge >= 0.3 is 6.18 Å². The lowest BCUT2D eigenvalue weighted by atomic mass is 10.00. The second-order valence-corrected chi connectivity index (χ2v) is 8.04. The summed E-state index contributed by atoms with van der Waals surface area (Å²) in [5.74, 6) is -0.0962. The van der Waals surface area contributed by atoms with Crippen LogP contribution < -0.4 is 15.4 Å². The molecule has 3 rings (SSSR count). The largest absolute Gasteiger partial charge is 0.497 e. The maximum Gasteiger partial charge on any atom is 0.407 e. The molecule has 0 fully saturated rings. The lowest BCUT2D eigenvalue weighted by Gasteiger charge is -2.28. The van der Waals surface area contributed by atoms with Crippen molar-refractivity contribution in [2.75, 3.05) is 7.11 Å². The van der Waals surface area contributed by atoms with Crippen LogP contribution in [0.25, 0.3) is 0 Å². The monoisotopic (exact) mass is 481 g/mol. The van der Waals surface area contributed by atoms with Gasteiger partial charge in [-0.25, -0.2) is 0 Å². The van der Waals surface area contributed by atoms with Gasteiger partial charge in [-0.1, -0.05) is 72.8 Å². The lowest BCUT2D eigenvalue weighted by molar-refractivity contribution is -0.160. The molecular formula is C27H26F3N3O2. The standard InChI is InChI=1S/C27H26F3N3O2/c1-35-23-14-12-20(13-15-23)17-24(33-25(27(28,29)30)21-10-6-3-7-11-21)26(34)32-22(18-31)16-19-8-4-2-5-9-19/h2-15,22,24-25,33H,16-17H2,1H3,(H,32,34)/t22-,24-,25+/m0/s1. The number of alkyl halides is 3. The average Bonchev–Trinajstić information content (AvgIpc) is 2.86. The van der Waals surface area contributed by atoms with Crippen LogP contribution in [0.4, 0.5) is 13.2 Å². The van der Waals surface area contributed by atoms with Crippen LogP contribution in [0.1, 0.15) is 22.7 Å². The smallest absolute Gasteiger partial charge is 0.407 e. The average molecular weight is 482 g/mol. The van der Waals surface area contributed by atoms with E-state index in [0.717, 1.165) is 5.56 Å². The van der Waals surface area contributed by atoms with E-state index in [-0.39, 0.29) is 18.4 Å². The fraction of sp³-hybridized carbons (Fsp3) is 0.259. The Balaban J connectivity index is 1.85. The summed E-state index contributed by atoms with van der Waals surface area (Å²) in [6, 6.07) is 21.0. The SMILES string of the molecule is COc1ccc(C[C@H](N[C@H](c2ccccc2)C(F)(F)F)C(=O)N[C@H](C#N)Cc2ccccc2)cc1. The summed E-state index contributed by atoms with van der Waals surface area (Å²) in [5.41, 5.74) is 1.47. The first kappa shape index (κ1) is 25.8. The number of carbonyl (C=O) groups excluding carboxylic acids is 1. The van der Waals surface area contributed by atoms with Crippen LogP contribution in [-0.4, -0.2) is 31.3 Å². The van der Waals surface area contributed by atoms with Crippen LogP contribution in [0.3, 0.4) is 0 Å². The number of amides is 1. The first-order valence-electron chi connectivity index (χ1n) is 11.0. The maximum absolute atomic E-state index is 14.0. The highest BCUT2D eigenvalue weighted by atomic mass is 19.4. The highest BCUT2D eigenvalue weighted by Gasteiger charge is 2.43. The van der Waals surface area contributed by atoms with E-state index in [1.165, 1.54) is 31.4 Å². The van der Waals surface area contributed by atoms with Crippen LogP contribution in [0.5, 0.6) is 5.75 Å². The van der Waals surface area contributed by atoms with E-state index < -0.39 is 30.2 Å². The summed E-state index contributed by atoms with van der Waals surface area (Å²) in [4.78, 5) is 13.2. The van der Waals surface area contributed by atoms with E-state index >= 15 is 0 Å². The molecule has 35 heavy (non-hydrogen) atoms. The van der Waals surface area contributed by atoms with Gasteiger partial charge in [0.15, 0.2) is 0 Å². The zero-order valence-corrected chi connectivity index (χ0v) is 19.1. The Kier molecular flexibility index (Phi) is 8.87. The summed E-state index contributed by atoms with van der Waals surface area (Å²) < 4.78 is 47.2. The van der Waals surface area contributed by atoms with Crippen molar-refractivity contribution in [1.29, 1.82) is 5.26 Å².